The Morgan fingerprint density at radius 1 is 1.06 bits per heavy atom. The van der Waals surface area contributed by atoms with Crippen molar-refractivity contribution >= 4 is 11.9 Å². The highest BCUT2D eigenvalue weighted by molar-refractivity contribution is 6.02. The van der Waals surface area contributed by atoms with Crippen LogP contribution in [0, 0.1) is 0 Å². The third kappa shape index (κ3) is 1.95. The number of ether oxygens (including phenoxy) is 3. The van der Waals surface area contributed by atoms with Gasteiger partial charge >= 0.3 is 11.9 Å². The van der Waals surface area contributed by atoms with Gasteiger partial charge in [-0.05, 0) is 18.6 Å². The van der Waals surface area contributed by atoms with E-state index < -0.39 is 11.9 Å². The van der Waals surface area contributed by atoms with Crippen LogP contribution in [-0.4, -0.2) is 26.2 Å². The minimum atomic E-state index is -0.682. The maximum Gasteiger partial charge on any atom is 0.350 e. The van der Waals surface area contributed by atoms with Gasteiger partial charge in [-0.3, -0.25) is 4.79 Å². The molecule has 0 amide bonds. The minimum absolute atomic E-state index is 0.155. The van der Waals surface area contributed by atoms with Gasteiger partial charge in [0.1, 0.15) is 17.1 Å². The molecule has 1 aromatic rings. The molecule has 1 aromatic carbocycles. The quantitative estimate of drug-likeness (QED) is 0.572. The first kappa shape index (κ1) is 11.4. The van der Waals surface area contributed by atoms with Crippen LogP contribution in [0.1, 0.15) is 22.3 Å². The molecule has 0 radical (unpaired) electrons. The average Bonchev–Trinajstić information content (AvgIpc) is 2.48. The van der Waals surface area contributed by atoms with E-state index in [2.05, 4.69) is 4.74 Å². The molecule has 0 atom stereocenters. The molecule has 5 heteroatoms. The first-order chi connectivity index (χ1) is 8.17. The Kier molecular flexibility index (Phi) is 2.99. The van der Waals surface area contributed by atoms with Crippen LogP contribution in [0.15, 0.2) is 12.1 Å². The van der Waals surface area contributed by atoms with Crippen LogP contribution in [0.25, 0.3) is 0 Å². The Balaban J connectivity index is 2.62. The second-order valence-electron chi connectivity index (χ2n) is 3.59. The van der Waals surface area contributed by atoms with E-state index in [1.165, 1.54) is 14.2 Å². The number of rotatable bonds is 2. The molecule has 0 aromatic heterocycles. The van der Waals surface area contributed by atoms with Gasteiger partial charge in [-0.2, -0.15) is 0 Å². The molecule has 0 fully saturated rings. The Morgan fingerprint density at radius 2 is 1.71 bits per heavy atom. The molecular formula is C12H12O5. The van der Waals surface area contributed by atoms with Crippen LogP contribution in [0.5, 0.6) is 11.5 Å². The molecule has 17 heavy (non-hydrogen) atoms. The molecule has 0 spiro atoms. The molecule has 0 unspecified atom stereocenters. The normalized spacial score (nSPS) is 14.7. The lowest BCUT2D eigenvalue weighted by molar-refractivity contribution is -0.137. The fourth-order valence-electron chi connectivity index (χ4n) is 1.87. The summed E-state index contributed by atoms with van der Waals surface area (Å²) in [6, 6.07) is 3.33. The van der Waals surface area contributed by atoms with Gasteiger partial charge in [-0.15, -0.1) is 0 Å². The van der Waals surface area contributed by atoms with Crippen molar-refractivity contribution in [2.75, 3.05) is 14.2 Å². The van der Waals surface area contributed by atoms with Crippen molar-refractivity contribution in [1.82, 2.24) is 0 Å². The molecule has 0 N–H and O–H groups in total. The Hall–Kier alpha value is -2.04. The summed E-state index contributed by atoms with van der Waals surface area (Å²) < 4.78 is 14.9. The molecule has 2 rings (SSSR count). The van der Waals surface area contributed by atoms with Crippen molar-refractivity contribution in [2.45, 2.75) is 12.8 Å². The summed E-state index contributed by atoms with van der Waals surface area (Å²) in [5.74, 6) is -0.262. The smallest absolute Gasteiger partial charge is 0.350 e. The zero-order valence-electron chi connectivity index (χ0n) is 9.61. The summed E-state index contributed by atoms with van der Waals surface area (Å²) in [7, 11) is 2.97. The van der Waals surface area contributed by atoms with E-state index in [0.717, 1.165) is 0 Å². The molecule has 1 aliphatic heterocycles. The fraction of sp³-hybridized carbons (Fsp3) is 0.333. The highest BCUT2D eigenvalue weighted by atomic mass is 16.6. The van der Waals surface area contributed by atoms with Gasteiger partial charge in [0.2, 0.25) is 0 Å². The molecule has 0 bridgehead atoms. The maximum atomic E-state index is 11.8. The number of cyclic esters (lactones) is 2. The number of fused-ring (bicyclic) bond motifs is 1. The van der Waals surface area contributed by atoms with Gasteiger partial charge in [0, 0.05) is 5.56 Å². The molecule has 0 aliphatic carbocycles. The van der Waals surface area contributed by atoms with Crippen molar-refractivity contribution in [3.05, 3.63) is 23.3 Å². The minimum Gasteiger partial charge on any atom is -0.496 e. The first-order valence-electron chi connectivity index (χ1n) is 5.16. The van der Waals surface area contributed by atoms with Gasteiger partial charge in [0.15, 0.2) is 0 Å². The second kappa shape index (κ2) is 4.45. The fourth-order valence-corrected chi connectivity index (χ4v) is 1.87. The number of hydrogen-bond acceptors (Lipinski definition) is 5. The van der Waals surface area contributed by atoms with Crippen LogP contribution in [-0.2, 0) is 16.0 Å². The van der Waals surface area contributed by atoms with E-state index in [1.807, 2.05) is 0 Å². The largest absolute Gasteiger partial charge is 0.496 e. The third-order valence-corrected chi connectivity index (χ3v) is 2.66. The summed E-state index contributed by atoms with van der Waals surface area (Å²) in [6.07, 6.45) is 0.558. The predicted molar refractivity (Wildman–Crippen MR) is 58.3 cm³/mol. The monoisotopic (exact) mass is 236 g/mol. The first-order valence-corrected chi connectivity index (χ1v) is 5.16. The SMILES string of the molecule is COc1ccc(OC)c2c1CCC(=O)OC2=O. The lowest BCUT2D eigenvalue weighted by atomic mass is 10.0. The zero-order valence-corrected chi connectivity index (χ0v) is 9.61. The summed E-state index contributed by atoms with van der Waals surface area (Å²) in [4.78, 5) is 23.0. The Labute approximate surface area is 98.3 Å². The molecule has 0 saturated carbocycles. The number of carbonyl (C=O) groups is 2. The van der Waals surface area contributed by atoms with Crippen molar-refractivity contribution < 1.29 is 23.8 Å². The van der Waals surface area contributed by atoms with Gasteiger partial charge in [0.25, 0.3) is 0 Å². The standard InChI is InChI=1S/C12H12O5/c1-15-8-4-5-9(16-2)11-7(8)3-6-10(13)17-12(11)14/h4-5H,3,6H2,1-2H3. The molecular weight excluding hydrogens is 224 g/mol. The number of hydrogen-bond donors (Lipinski definition) is 0. The lowest BCUT2D eigenvalue weighted by Crippen LogP contribution is -2.10. The summed E-state index contributed by atoms with van der Waals surface area (Å²) in [5.41, 5.74) is 0.931. The van der Waals surface area contributed by atoms with Crippen LogP contribution < -0.4 is 9.47 Å². The number of methoxy groups -OCH3 is 2. The Bertz CT molecular complexity index is 478. The van der Waals surface area contributed by atoms with Crippen LogP contribution in [0.3, 0.4) is 0 Å². The zero-order chi connectivity index (χ0) is 12.4. The molecule has 5 nitrogen and oxygen atoms in total. The van der Waals surface area contributed by atoms with E-state index >= 15 is 0 Å². The van der Waals surface area contributed by atoms with Gasteiger partial charge in [0.05, 0.1) is 20.6 Å². The van der Waals surface area contributed by atoms with Crippen molar-refractivity contribution in [2.24, 2.45) is 0 Å². The predicted octanol–water partition coefficient (Wildman–Crippen LogP) is 1.33. The van der Waals surface area contributed by atoms with Gasteiger partial charge in [-0.1, -0.05) is 0 Å². The van der Waals surface area contributed by atoms with Gasteiger partial charge < -0.3 is 14.2 Å². The number of esters is 2. The van der Waals surface area contributed by atoms with Crippen molar-refractivity contribution in [3.8, 4) is 11.5 Å². The van der Waals surface area contributed by atoms with Crippen molar-refractivity contribution in [3.63, 3.8) is 0 Å². The van der Waals surface area contributed by atoms with Crippen molar-refractivity contribution in [1.29, 1.82) is 0 Å². The molecule has 1 heterocycles. The third-order valence-electron chi connectivity index (χ3n) is 2.66. The van der Waals surface area contributed by atoms with E-state index in [-0.39, 0.29) is 12.0 Å². The van der Waals surface area contributed by atoms with Crippen LogP contribution >= 0.6 is 0 Å². The average molecular weight is 236 g/mol. The highest BCUT2D eigenvalue weighted by Crippen LogP contribution is 2.33. The number of benzene rings is 1. The van der Waals surface area contributed by atoms with E-state index in [0.29, 0.717) is 23.5 Å². The van der Waals surface area contributed by atoms with E-state index in [9.17, 15) is 9.59 Å². The molecule has 90 valence electrons. The molecule has 0 saturated heterocycles. The van der Waals surface area contributed by atoms with Gasteiger partial charge in [-0.25, -0.2) is 4.79 Å². The van der Waals surface area contributed by atoms with E-state index in [4.69, 9.17) is 9.47 Å². The Morgan fingerprint density at radius 3 is 2.35 bits per heavy atom. The highest BCUT2D eigenvalue weighted by Gasteiger charge is 2.28. The topological polar surface area (TPSA) is 61.8 Å². The summed E-state index contributed by atoms with van der Waals surface area (Å²) >= 11 is 0. The summed E-state index contributed by atoms with van der Waals surface area (Å²) in [6.45, 7) is 0. The van der Waals surface area contributed by atoms with Crippen LogP contribution in [0.2, 0.25) is 0 Å². The number of carbonyl (C=O) groups excluding carboxylic acids is 2. The lowest BCUT2D eigenvalue weighted by Gasteiger charge is -2.12. The second-order valence-corrected chi connectivity index (χ2v) is 3.59. The maximum absolute atomic E-state index is 11.8. The van der Waals surface area contributed by atoms with E-state index in [1.54, 1.807) is 12.1 Å². The molecule has 1 aliphatic rings. The van der Waals surface area contributed by atoms with Crippen LogP contribution in [0.4, 0.5) is 0 Å². The summed E-state index contributed by atoms with van der Waals surface area (Å²) in [5, 5.41) is 0.